The van der Waals surface area contributed by atoms with Crippen LogP contribution in [0.5, 0.6) is 0 Å². The minimum atomic E-state index is -0.466. The van der Waals surface area contributed by atoms with Gasteiger partial charge in [0.1, 0.15) is 18.4 Å². The maximum absolute atomic E-state index is 14.1. The van der Waals surface area contributed by atoms with E-state index >= 15 is 0 Å². The van der Waals surface area contributed by atoms with Crippen LogP contribution in [0, 0.1) is 5.82 Å². The van der Waals surface area contributed by atoms with Crippen LogP contribution in [0.25, 0.3) is 5.69 Å². The zero-order valence-electron chi connectivity index (χ0n) is 19.9. The van der Waals surface area contributed by atoms with Gasteiger partial charge in [-0.3, -0.25) is 9.69 Å². The van der Waals surface area contributed by atoms with Gasteiger partial charge >= 0.3 is 6.03 Å². The fourth-order valence-electron chi connectivity index (χ4n) is 4.96. The molecule has 0 radical (unpaired) electrons. The van der Waals surface area contributed by atoms with Gasteiger partial charge in [-0.1, -0.05) is 46.3 Å². The molecule has 1 fully saturated rings. The minimum Gasteiger partial charge on any atom is -0.316 e. The lowest BCUT2D eigenvalue weighted by atomic mass is 9.97. The number of amides is 3. The minimum absolute atomic E-state index is 0.0178. The van der Waals surface area contributed by atoms with Crippen molar-refractivity contribution in [3.63, 3.8) is 0 Å². The molecule has 8 heteroatoms. The Bertz CT molecular complexity index is 1480. The highest BCUT2D eigenvalue weighted by atomic mass is 79.9. The van der Waals surface area contributed by atoms with Gasteiger partial charge in [0.2, 0.25) is 5.91 Å². The zero-order chi connectivity index (χ0) is 25.5. The van der Waals surface area contributed by atoms with E-state index < -0.39 is 6.04 Å². The number of rotatable bonds is 5. The summed E-state index contributed by atoms with van der Waals surface area (Å²) in [7, 11) is 0. The Balaban J connectivity index is 1.36. The maximum atomic E-state index is 14.1. The molecule has 1 atom stereocenters. The Hall–Kier alpha value is -3.91. The summed E-state index contributed by atoms with van der Waals surface area (Å²) in [5, 5.41) is 2.93. The van der Waals surface area contributed by atoms with E-state index in [0.29, 0.717) is 5.69 Å². The average Bonchev–Trinajstić information content (AvgIpc) is 3.62. The van der Waals surface area contributed by atoms with Crippen molar-refractivity contribution in [2.75, 3.05) is 16.8 Å². The molecule has 1 N–H and O–H groups in total. The standard InChI is InChI=1S/C29H24BrFN4O2/c30-20-5-3-6-22(17-20)32-29(37)34(23-14-15-23)18-27(36)35-25-8-2-1-7-24(25)33-16-4-9-26(33)28(35)19-10-12-21(31)13-11-19/h1-13,16-17,23,28H,14-15,18H2,(H,32,37). The number of nitrogens with zero attached hydrogens (tertiary/aromatic N) is 3. The molecule has 1 aliphatic carbocycles. The van der Waals surface area contributed by atoms with E-state index in [0.717, 1.165) is 39.9 Å². The second-order valence-electron chi connectivity index (χ2n) is 9.31. The highest BCUT2D eigenvalue weighted by Gasteiger charge is 2.40. The van der Waals surface area contributed by atoms with Gasteiger partial charge in [-0.15, -0.1) is 0 Å². The van der Waals surface area contributed by atoms with Crippen molar-refractivity contribution in [2.45, 2.75) is 24.9 Å². The Morgan fingerprint density at radius 3 is 2.43 bits per heavy atom. The first-order valence-corrected chi connectivity index (χ1v) is 13.0. The molecule has 1 unspecified atom stereocenters. The summed E-state index contributed by atoms with van der Waals surface area (Å²) < 4.78 is 16.7. The Morgan fingerprint density at radius 1 is 0.946 bits per heavy atom. The first kappa shape index (κ1) is 23.5. The molecule has 0 spiro atoms. The number of hydrogen-bond acceptors (Lipinski definition) is 2. The largest absolute Gasteiger partial charge is 0.322 e. The molecular formula is C29H24BrFN4O2. The predicted octanol–water partition coefficient (Wildman–Crippen LogP) is 6.51. The number of nitrogens with one attached hydrogen (secondary N) is 1. The van der Waals surface area contributed by atoms with Crippen LogP contribution in [0.1, 0.15) is 30.1 Å². The number of benzene rings is 3. The van der Waals surface area contributed by atoms with Crippen molar-refractivity contribution in [1.82, 2.24) is 9.47 Å². The topological polar surface area (TPSA) is 57.6 Å². The van der Waals surface area contributed by atoms with Gasteiger partial charge in [0, 0.05) is 22.4 Å². The van der Waals surface area contributed by atoms with Gasteiger partial charge < -0.3 is 14.8 Å². The summed E-state index contributed by atoms with van der Waals surface area (Å²) >= 11 is 3.43. The molecule has 1 aromatic heterocycles. The second-order valence-corrected chi connectivity index (χ2v) is 10.2. The molecule has 0 bridgehead atoms. The predicted molar refractivity (Wildman–Crippen MR) is 144 cm³/mol. The highest BCUT2D eigenvalue weighted by Crippen LogP contribution is 2.42. The van der Waals surface area contributed by atoms with Crippen LogP contribution in [0.2, 0.25) is 0 Å². The third-order valence-electron chi connectivity index (χ3n) is 6.80. The van der Waals surface area contributed by atoms with Crippen LogP contribution in [-0.2, 0) is 4.79 Å². The number of urea groups is 1. The molecule has 37 heavy (non-hydrogen) atoms. The number of para-hydroxylation sites is 2. The molecule has 3 amide bonds. The van der Waals surface area contributed by atoms with Crippen LogP contribution in [0.3, 0.4) is 0 Å². The number of halogens is 2. The van der Waals surface area contributed by atoms with E-state index in [1.165, 1.54) is 12.1 Å². The molecule has 186 valence electrons. The van der Waals surface area contributed by atoms with E-state index in [9.17, 15) is 14.0 Å². The van der Waals surface area contributed by atoms with E-state index in [-0.39, 0.29) is 30.3 Å². The Morgan fingerprint density at radius 2 is 1.70 bits per heavy atom. The summed E-state index contributed by atoms with van der Waals surface area (Å²) in [6.07, 6.45) is 3.69. The number of aromatic nitrogens is 1. The number of hydrogen-bond donors (Lipinski definition) is 1. The number of anilines is 2. The number of carbonyl (C=O) groups is 2. The van der Waals surface area contributed by atoms with Crippen LogP contribution in [-0.4, -0.2) is 34.0 Å². The van der Waals surface area contributed by atoms with Crippen molar-refractivity contribution < 1.29 is 14.0 Å². The molecule has 2 aliphatic rings. The van der Waals surface area contributed by atoms with Crippen LogP contribution < -0.4 is 10.2 Å². The van der Waals surface area contributed by atoms with Gasteiger partial charge in [0.05, 0.1) is 17.1 Å². The van der Waals surface area contributed by atoms with Gasteiger partial charge in [-0.2, -0.15) is 0 Å². The molecule has 2 heterocycles. The second kappa shape index (κ2) is 9.52. The first-order chi connectivity index (χ1) is 18.0. The van der Waals surface area contributed by atoms with Gasteiger partial charge in [-0.25, -0.2) is 9.18 Å². The van der Waals surface area contributed by atoms with Crippen LogP contribution >= 0.6 is 15.9 Å². The van der Waals surface area contributed by atoms with Gasteiger partial charge in [0.25, 0.3) is 0 Å². The first-order valence-electron chi connectivity index (χ1n) is 12.2. The lowest BCUT2D eigenvalue weighted by molar-refractivity contribution is -0.119. The summed E-state index contributed by atoms with van der Waals surface area (Å²) in [6.45, 7) is -0.0722. The monoisotopic (exact) mass is 558 g/mol. The highest BCUT2D eigenvalue weighted by molar-refractivity contribution is 9.10. The van der Waals surface area contributed by atoms with E-state index in [4.69, 9.17) is 0 Å². The zero-order valence-corrected chi connectivity index (χ0v) is 21.4. The van der Waals surface area contributed by atoms with Crippen LogP contribution in [0.15, 0.2) is 95.6 Å². The SMILES string of the molecule is O=C(Nc1cccc(Br)c1)N(CC(=O)N1c2ccccc2-n2cccc2C1c1ccc(F)cc1)C1CC1. The third kappa shape index (κ3) is 4.53. The normalized spacial score (nSPS) is 16.1. The average molecular weight is 559 g/mol. The molecular weight excluding hydrogens is 535 g/mol. The Labute approximate surface area is 222 Å². The third-order valence-corrected chi connectivity index (χ3v) is 7.30. The molecule has 4 aromatic rings. The molecule has 3 aromatic carbocycles. The molecule has 1 saturated carbocycles. The number of fused-ring (bicyclic) bond motifs is 3. The fourth-order valence-corrected chi connectivity index (χ4v) is 5.36. The lowest BCUT2D eigenvalue weighted by Crippen LogP contribution is -2.48. The maximum Gasteiger partial charge on any atom is 0.322 e. The van der Waals surface area contributed by atoms with E-state index in [1.807, 2.05) is 66.9 Å². The Kier molecular flexibility index (Phi) is 6.04. The van der Waals surface area contributed by atoms with E-state index in [2.05, 4.69) is 25.8 Å². The summed E-state index contributed by atoms with van der Waals surface area (Å²) in [5.41, 5.74) is 3.97. The lowest BCUT2D eigenvalue weighted by Gasteiger charge is -2.39. The van der Waals surface area contributed by atoms with Crippen molar-refractivity contribution in [3.05, 3.63) is 113 Å². The van der Waals surface area contributed by atoms with Gasteiger partial charge in [0.15, 0.2) is 0 Å². The van der Waals surface area contributed by atoms with E-state index in [1.54, 1.807) is 21.9 Å². The van der Waals surface area contributed by atoms with Crippen molar-refractivity contribution in [3.8, 4) is 5.69 Å². The van der Waals surface area contributed by atoms with Crippen LogP contribution in [0.4, 0.5) is 20.6 Å². The fraction of sp³-hybridized carbons (Fsp3) is 0.172. The summed E-state index contributed by atoms with van der Waals surface area (Å²) in [6, 6.07) is 24.5. The van der Waals surface area contributed by atoms with Gasteiger partial charge in [-0.05, 0) is 73.0 Å². The molecule has 1 aliphatic heterocycles. The van der Waals surface area contributed by atoms with Crippen molar-refractivity contribution >= 4 is 39.2 Å². The smallest absolute Gasteiger partial charge is 0.316 e. The summed E-state index contributed by atoms with van der Waals surface area (Å²) in [5.74, 6) is -0.539. The summed E-state index contributed by atoms with van der Waals surface area (Å²) in [4.78, 5) is 30.8. The van der Waals surface area contributed by atoms with Crippen molar-refractivity contribution in [2.24, 2.45) is 0 Å². The molecule has 6 rings (SSSR count). The quantitative estimate of drug-likeness (QED) is 0.303. The number of carbonyl (C=O) groups excluding carboxylic acids is 2. The molecule has 0 saturated heterocycles. The van der Waals surface area contributed by atoms with Crippen molar-refractivity contribution in [1.29, 1.82) is 0 Å². The molecule has 6 nitrogen and oxygen atoms in total.